The lowest BCUT2D eigenvalue weighted by atomic mass is 10.1. The maximum Gasteiger partial charge on any atom is 0.0490 e. The average molecular weight is 238 g/mol. The largest absolute Gasteiger partial charge is 0.307 e. The lowest BCUT2D eigenvalue weighted by Crippen LogP contribution is -2.12. The molecule has 0 atom stereocenters. The van der Waals surface area contributed by atoms with Gasteiger partial charge in [0.1, 0.15) is 0 Å². The summed E-state index contributed by atoms with van der Waals surface area (Å²) in [5.41, 5.74) is 2.37. The van der Waals surface area contributed by atoms with E-state index in [4.69, 9.17) is 0 Å². The second-order valence-electron chi connectivity index (χ2n) is 4.24. The minimum Gasteiger partial charge on any atom is -0.307 e. The zero-order valence-electron chi connectivity index (χ0n) is 9.93. The highest BCUT2D eigenvalue weighted by Crippen LogP contribution is 2.14. The molecule has 18 heavy (non-hydrogen) atoms. The number of nitrogens with zero attached hydrogens (tertiary/aromatic N) is 2. The first kappa shape index (κ1) is 10.9. The topological polar surface area (TPSA) is 53.6 Å². The van der Waals surface area contributed by atoms with Crippen LogP contribution in [0.1, 0.15) is 11.3 Å². The molecule has 2 heterocycles. The van der Waals surface area contributed by atoms with Gasteiger partial charge in [0, 0.05) is 42.8 Å². The number of hydrogen-bond acceptors (Lipinski definition) is 3. The van der Waals surface area contributed by atoms with Crippen molar-refractivity contribution in [2.45, 2.75) is 13.1 Å². The van der Waals surface area contributed by atoms with Crippen molar-refractivity contribution in [3.8, 4) is 0 Å². The first-order valence-electron chi connectivity index (χ1n) is 5.93. The SMILES string of the molecule is c1cc2cc(CNCc3ccn[nH]3)ccc2cn1. The monoisotopic (exact) mass is 238 g/mol. The molecule has 0 aliphatic carbocycles. The van der Waals surface area contributed by atoms with Crippen molar-refractivity contribution in [3.63, 3.8) is 0 Å². The molecule has 0 radical (unpaired) electrons. The number of H-pyrrole nitrogens is 1. The van der Waals surface area contributed by atoms with Crippen LogP contribution in [0.15, 0.2) is 48.9 Å². The van der Waals surface area contributed by atoms with Gasteiger partial charge in [-0.3, -0.25) is 10.1 Å². The molecule has 2 aromatic heterocycles. The third-order valence-corrected chi connectivity index (χ3v) is 2.91. The van der Waals surface area contributed by atoms with Crippen LogP contribution in [-0.4, -0.2) is 15.2 Å². The summed E-state index contributed by atoms with van der Waals surface area (Å²) in [5, 5.41) is 12.6. The maximum absolute atomic E-state index is 4.11. The summed E-state index contributed by atoms with van der Waals surface area (Å²) in [4.78, 5) is 4.11. The number of aromatic nitrogens is 3. The van der Waals surface area contributed by atoms with Gasteiger partial charge in [-0.25, -0.2) is 0 Å². The van der Waals surface area contributed by atoms with Crippen LogP contribution in [0.3, 0.4) is 0 Å². The molecule has 0 aliphatic heterocycles. The summed E-state index contributed by atoms with van der Waals surface area (Å²) in [6.45, 7) is 1.64. The summed E-state index contributed by atoms with van der Waals surface area (Å²) in [7, 11) is 0. The van der Waals surface area contributed by atoms with Crippen molar-refractivity contribution in [1.82, 2.24) is 20.5 Å². The molecular formula is C14H14N4. The van der Waals surface area contributed by atoms with Crippen molar-refractivity contribution in [2.75, 3.05) is 0 Å². The van der Waals surface area contributed by atoms with Crippen LogP contribution in [0.25, 0.3) is 10.8 Å². The van der Waals surface area contributed by atoms with E-state index >= 15 is 0 Å². The Morgan fingerprint density at radius 2 is 2.00 bits per heavy atom. The fourth-order valence-corrected chi connectivity index (χ4v) is 1.97. The first-order chi connectivity index (χ1) is 8.92. The normalized spacial score (nSPS) is 10.9. The van der Waals surface area contributed by atoms with Crippen LogP contribution < -0.4 is 5.32 Å². The summed E-state index contributed by atoms with van der Waals surface area (Å²) in [6.07, 6.45) is 5.47. The summed E-state index contributed by atoms with van der Waals surface area (Å²) >= 11 is 0. The van der Waals surface area contributed by atoms with Gasteiger partial charge in [-0.1, -0.05) is 12.1 Å². The molecule has 0 saturated heterocycles. The molecule has 0 amide bonds. The molecule has 3 aromatic rings. The average Bonchev–Trinajstić information content (AvgIpc) is 2.92. The number of benzene rings is 1. The zero-order chi connectivity index (χ0) is 12.2. The van der Waals surface area contributed by atoms with E-state index in [1.54, 1.807) is 6.20 Å². The van der Waals surface area contributed by atoms with Gasteiger partial charge in [-0.05, 0) is 29.1 Å². The van der Waals surface area contributed by atoms with Gasteiger partial charge in [-0.15, -0.1) is 0 Å². The summed E-state index contributed by atoms with van der Waals surface area (Å²) in [5.74, 6) is 0. The molecule has 0 fully saturated rings. The Hall–Kier alpha value is -2.20. The first-order valence-corrected chi connectivity index (χ1v) is 5.93. The van der Waals surface area contributed by atoms with Gasteiger partial charge in [0.15, 0.2) is 0 Å². The van der Waals surface area contributed by atoms with Crippen molar-refractivity contribution in [1.29, 1.82) is 0 Å². The van der Waals surface area contributed by atoms with E-state index in [1.165, 1.54) is 16.3 Å². The van der Waals surface area contributed by atoms with Gasteiger partial charge in [0.25, 0.3) is 0 Å². The number of hydrogen-bond donors (Lipinski definition) is 2. The highest BCUT2D eigenvalue weighted by Gasteiger charge is 1.97. The van der Waals surface area contributed by atoms with E-state index < -0.39 is 0 Å². The third-order valence-electron chi connectivity index (χ3n) is 2.91. The molecule has 0 aliphatic rings. The fourth-order valence-electron chi connectivity index (χ4n) is 1.97. The van der Waals surface area contributed by atoms with Gasteiger partial charge < -0.3 is 5.32 Å². The quantitative estimate of drug-likeness (QED) is 0.733. The van der Waals surface area contributed by atoms with E-state index in [0.29, 0.717) is 0 Å². The van der Waals surface area contributed by atoms with Gasteiger partial charge in [-0.2, -0.15) is 5.10 Å². The van der Waals surface area contributed by atoms with Gasteiger partial charge in [0.05, 0.1) is 0 Å². The molecule has 2 N–H and O–H groups in total. The number of nitrogens with one attached hydrogen (secondary N) is 2. The van der Waals surface area contributed by atoms with Crippen LogP contribution >= 0.6 is 0 Å². The molecule has 0 bridgehead atoms. The Labute approximate surface area is 105 Å². The molecule has 4 nitrogen and oxygen atoms in total. The van der Waals surface area contributed by atoms with Crippen LogP contribution in [0.2, 0.25) is 0 Å². The second-order valence-corrected chi connectivity index (χ2v) is 4.24. The second kappa shape index (κ2) is 4.98. The minimum atomic E-state index is 0.800. The molecular weight excluding hydrogens is 224 g/mol. The maximum atomic E-state index is 4.11. The van der Waals surface area contributed by atoms with Gasteiger partial charge >= 0.3 is 0 Å². The predicted octanol–water partition coefficient (Wildman–Crippen LogP) is 2.25. The van der Waals surface area contributed by atoms with E-state index in [1.807, 2.05) is 24.5 Å². The minimum absolute atomic E-state index is 0.800. The number of rotatable bonds is 4. The molecule has 0 unspecified atom stereocenters. The molecule has 0 spiro atoms. The zero-order valence-corrected chi connectivity index (χ0v) is 9.93. The molecule has 0 saturated carbocycles. The Kier molecular flexibility index (Phi) is 3.02. The van der Waals surface area contributed by atoms with Gasteiger partial charge in [0.2, 0.25) is 0 Å². The van der Waals surface area contributed by atoms with Crippen molar-refractivity contribution in [3.05, 3.63) is 60.2 Å². The van der Waals surface area contributed by atoms with Crippen molar-refractivity contribution < 1.29 is 0 Å². The standard InChI is InChI=1S/C14H14N4/c1-2-13-9-15-5-3-12(13)7-11(1)8-16-10-14-4-6-17-18-14/h1-7,9,16H,8,10H2,(H,17,18). The van der Waals surface area contributed by atoms with E-state index in [2.05, 4.69) is 38.7 Å². The van der Waals surface area contributed by atoms with Crippen LogP contribution in [0.4, 0.5) is 0 Å². The van der Waals surface area contributed by atoms with Crippen molar-refractivity contribution >= 4 is 10.8 Å². The van der Waals surface area contributed by atoms with Crippen LogP contribution in [-0.2, 0) is 13.1 Å². The smallest absolute Gasteiger partial charge is 0.0490 e. The Morgan fingerprint density at radius 1 is 1.00 bits per heavy atom. The highest BCUT2D eigenvalue weighted by atomic mass is 15.1. The van der Waals surface area contributed by atoms with E-state index in [9.17, 15) is 0 Å². The van der Waals surface area contributed by atoms with E-state index in [-0.39, 0.29) is 0 Å². The van der Waals surface area contributed by atoms with E-state index in [0.717, 1.165) is 18.8 Å². The van der Waals surface area contributed by atoms with Crippen LogP contribution in [0, 0.1) is 0 Å². The predicted molar refractivity (Wildman–Crippen MR) is 70.9 cm³/mol. The fraction of sp³-hybridized carbons (Fsp3) is 0.143. The summed E-state index contributed by atoms with van der Waals surface area (Å²) in [6, 6.07) is 10.4. The van der Waals surface area contributed by atoms with Crippen LogP contribution in [0.5, 0.6) is 0 Å². The Bertz CT molecular complexity index is 631. The Balaban J connectivity index is 1.67. The molecule has 3 rings (SSSR count). The molecule has 4 heteroatoms. The number of fused-ring (bicyclic) bond motifs is 1. The number of aromatic amines is 1. The molecule has 1 aromatic carbocycles. The lowest BCUT2D eigenvalue weighted by molar-refractivity contribution is 0.678. The number of pyridine rings is 1. The summed E-state index contributed by atoms with van der Waals surface area (Å²) < 4.78 is 0. The molecule has 90 valence electrons. The van der Waals surface area contributed by atoms with Crippen molar-refractivity contribution in [2.24, 2.45) is 0 Å². The lowest BCUT2D eigenvalue weighted by Gasteiger charge is -2.05. The Morgan fingerprint density at radius 3 is 2.89 bits per heavy atom. The highest BCUT2D eigenvalue weighted by molar-refractivity contribution is 5.81. The third kappa shape index (κ3) is 2.38.